The summed E-state index contributed by atoms with van der Waals surface area (Å²) >= 11 is 1.77. The van der Waals surface area contributed by atoms with Crippen molar-refractivity contribution < 1.29 is 5.11 Å². The number of aryl methyl sites for hydroxylation is 1. The zero-order valence-electron chi connectivity index (χ0n) is 11.1. The molecule has 0 fully saturated rings. The number of phenolic OH excluding ortho intramolecular Hbond substituents is 1. The number of hydrogen-bond acceptors (Lipinski definition) is 3. The fourth-order valence-electron chi connectivity index (χ4n) is 1.99. The Morgan fingerprint density at radius 3 is 2.78 bits per heavy atom. The highest BCUT2D eigenvalue weighted by molar-refractivity contribution is 7.10. The van der Waals surface area contributed by atoms with E-state index in [1.807, 2.05) is 19.1 Å². The number of thiophene rings is 1. The molecule has 96 valence electrons. The van der Waals surface area contributed by atoms with Gasteiger partial charge in [-0.1, -0.05) is 23.8 Å². The maximum Gasteiger partial charge on any atom is 0.120 e. The lowest BCUT2D eigenvalue weighted by molar-refractivity contribution is 0.253. The maximum atomic E-state index is 9.87. The van der Waals surface area contributed by atoms with Gasteiger partial charge in [0.1, 0.15) is 5.75 Å². The van der Waals surface area contributed by atoms with Gasteiger partial charge in [0, 0.05) is 23.0 Å². The van der Waals surface area contributed by atoms with Crippen molar-refractivity contribution in [1.82, 2.24) is 4.90 Å². The summed E-state index contributed by atoms with van der Waals surface area (Å²) in [5, 5.41) is 12.0. The van der Waals surface area contributed by atoms with Gasteiger partial charge in [0.05, 0.1) is 0 Å². The molecule has 1 aromatic carbocycles. The quantitative estimate of drug-likeness (QED) is 0.900. The maximum absolute atomic E-state index is 9.87. The molecule has 0 saturated heterocycles. The van der Waals surface area contributed by atoms with Crippen LogP contribution in [-0.4, -0.2) is 17.1 Å². The Bertz CT molecular complexity index is 507. The van der Waals surface area contributed by atoms with Gasteiger partial charge >= 0.3 is 0 Å². The molecule has 0 bridgehead atoms. The van der Waals surface area contributed by atoms with E-state index in [2.05, 4.69) is 36.4 Å². The van der Waals surface area contributed by atoms with E-state index in [1.54, 1.807) is 17.4 Å². The van der Waals surface area contributed by atoms with Crippen molar-refractivity contribution in [1.29, 1.82) is 0 Å². The van der Waals surface area contributed by atoms with E-state index in [1.165, 1.54) is 10.4 Å². The second-order valence-electron chi connectivity index (χ2n) is 4.74. The Hall–Kier alpha value is -1.32. The predicted octanol–water partition coefficient (Wildman–Crippen LogP) is 3.96. The molecule has 0 unspecified atom stereocenters. The first-order valence-corrected chi connectivity index (χ1v) is 6.98. The van der Waals surface area contributed by atoms with Gasteiger partial charge in [-0.05, 0) is 38.4 Å². The number of phenols is 1. The molecule has 1 heterocycles. The molecule has 3 heteroatoms. The summed E-state index contributed by atoms with van der Waals surface area (Å²) in [4.78, 5) is 3.60. The molecule has 0 spiro atoms. The summed E-state index contributed by atoms with van der Waals surface area (Å²) in [6.07, 6.45) is 0. The topological polar surface area (TPSA) is 23.5 Å². The minimum absolute atomic E-state index is 0.366. The van der Waals surface area contributed by atoms with Crippen molar-refractivity contribution in [3.05, 3.63) is 51.7 Å². The van der Waals surface area contributed by atoms with E-state index in [9.17, 15) is 5.11 Å². The highest BCUT2D eigenvalue weighted by Gasteiger charge is 2.14. The van der Waals surface area contributed by atoms with E-state index < -0.39 is 0 Å². The monoisotopic (exact) mass is 261 g/mol. The van der Waals surface area contributed by atoms with E-state index >= 15 is 0 Å². The fraction of sp³-hybridized carbons (Fsp3) is 0.333. The van der Waals surface area contributed by atoms with Crippen LogP contribution in [0.15, 0.2) is 35.7 Å². The normalized spacial score (nSPS) is 12.9. The molecule has 0 aliphatic heterocycles. The third-order valence-electron chi connectivity index (χ3n) is 3.27. The van der Waals surface area contributed by atoms with Gasteiger partial charge in [0.25, 0.3) is 0 Å². The predicted molar refractivity (Wildman–Crippen MR) is 77.0 cm³/mol. The summed E-state index contributed by atoms with van der Waals surface area (Å²) in [5.41, 5.74) is 2.17. The van der Waals surface area contributed by atoms with Crippen LogP contribution in [-0.2, 0) is 6.54 Å². The SMILES string of the molecule is Cc1ccc(O)c(CN(C)[C@@H](C)c2cccs2)c1. The van der Waals surface area contributed by atoms with Crippen molar-refractivity contribution in [3.8, 4) is 5.75 Å². The second kappa shape index (κ2) is 5.55. The zero-order valence-corrected chi connectivity index (χ0v) is 11.9. The summed E-state index contributed by atoms with van der Waals surface area (Å²) in [7, 11) is 2.09. The standard InChI is InChI=1S/C15H19NOS/c1-11-6-7-14(17)13(9-11)10-16(3)12(2)15-5-4-8-18-15/h4-9,12,17H,10H2,1-3H3/t12-/m0/s1. The lowest BCUT2D eigenvalue weighted by Gasteiger charge is -2.24. The Morgan fingerprint density at radius 1 is 1.33 bits per heavy atom. The van der Waals surface area contributed by atoms with Crippen LogP contribution in [0, 0.1) is 6.92 Å². The largest absolute Gasteiger partial charge is 0.508 e. The molecule has 0 saturated carbocycles. The van der Waals surface area contributed by atoms with Gasteiger partial charge in [0.15, 0.2) is 0 Å². The highest BCUT2D eigenvalue weighted by Crippen LogP contribution is 2.27. The van der Waals surface area contributed by atoms with Crippen molar-refractivity contribution in [2.45, 2.75) is 26.4 Å². The number of benzene rings is 1. The minimum atomic E-state index is 0.366. The molecule has 0 aliphatic carbocycles. The summed E-state index contributed by atoms with van der Waals surface area (Å²) < 4.78 is 0. The average molecular weight is 261 g/mol. The van der Waals surface area contributed by atoms with Crippen LogP contribution in [0.1, 0.15) is 29.0 Å². The van der Waals surface area contributed by atoms with Crippen LogP contribution in [0.25, 0.3) is 0 Å². The average Bonchev–Trinajstić information content (AvgIpc) is 2.86. The molecule has 0 amide bonds. The van der Waals surface area contributed by atoms with Crippen LogP contribution in [0.3, 0.4) is 0 Å². The van der Waals surface area contributed by atoms with E-state index in [-0.39, 0.29) is 0 Å². The summed E-state index contributed by atoms with van der Waals surface area (Å²) in [6.45, 7) is 5.00. The van der Waals surface area contributed by atoms with E-state index in [4.69, 9.17) is 0 Å². The fourth-order valence-corrected chi connectivity index (χ4v) is 2.84. The zero-order chi connectivity index (χ0) is 13.1. The molecular weight excluding hydrogens is 242 g/mol. The molecule has 2 nitrogen and oxygen atoms in total. The van der Waals surface area contributed by atoms with Crippen molar-refractivity contribution in [3.63, 3.8) is 0 Å². The van der Waals surface area contributed by atoms with Crippen molar-refractivity contribution in [2.75, 3.05) is 7.05 Å². The lowest BCUT2D eigenvalue weighted by atomic mass is 10.1. The molecule has 2 rings (SSSR count). The minimum Gasteiger partial charge on any atom is -0.508 e. The lowest BCUT2D eigenvalue weighted by Crippen LogP contribution is -2.21. The van der Waals surface area contributed by atoms with Crippen LogP contribution in [0.5, 0.6) is 5.75 Å². The van der Waals surface area contributed by atoms with Crippen molar-refractivity contribution >= 4 is 11.3 Å². The molecule has 1 N–H and O–H groups in total. The Kier molecular flexibility index (Phi) is 4.04. The first kappa shape index (κ1) is 13.1. The summed E-state index contributed by atoms with van der Waals surface area (Å²) in [5.74, 6) is 0.380. The van der Waals surface area contributed by atoms with Crippen LogP contribution in [0.2, 0.25) is 0 Å². The Morgan fingerprint density at radius 2 is 2.11 bits per heavy atom. The van der Waals surface area contributed by atoms with Gasteiger partial charge in [-0.3, -0.25) is 4.90 Å². The number of rotatable bonds is 4. The molecule has 18 heavy (non-hydrogen) atoms. The third-order valence-corrected chi connectivity index (χ3v) is 4.31. The molecule has 0 radical (unpaired) electrons. The number of nitrogens with zero attached hydrogens (tertiary/aromatic N) is 1. The third kappa shape index (κ3) is 2.92. The molecule has 1 aromatic heterocycles. The van der Waals surface area contributed by atoms with Crippen LogP contribution >= 0.6 is 11.3 Å². The molecule has 0 aliphatic rings. The van der Waals surface area contributed by atoms with Gasteiger partial charge in [-0.15, -0.1) is 11.3 Å². The van der Waals surface area contributed by atoms with Crippen LogP contribution in [0.4, 0.5) is 0 Å². The van der Waals surface area contributed by atoms with E-state index in [0.717, 1.165) is 12.1 Å². The van der Waals surface area contributed by atoms with Gasteiger partial charge in [-0.2, -0.15) is 0 Å². The smallest absolute Gasteiger partial charge is 0.120 e. The Balaban J connectivity index is 2.11. The summed E-state index contributed by atoms with van der Waals surface area (Å²) in [6, 6.07) is 10.4. The number of hydrogen-bond donors (Lipinski definition) is 1. The molecule has 1 atom stereocenters. The van der Waals surface area contributed by atoms with Gasteiger partial charge < -0.3 is 5.11 Å². The first-order chi connectivity index (χ1) is 8.58. The number of aromatic hydroxyl groups is 1. The van der Waals surface area contributed by atoms with Crippen LogP contribution < -0.4 is 0 Å². The molecular formula is C15H19NOS. The molecule has 2 aromatic rings. The second-order valence-corrected chi connectivity index (χ2v) is 5.72. The highest BCUT2D eigenvalue weighted by atomic mass is 32.1. The van der Waals surface area contributed by atoms with Gasteiger partial charge in [-0.25, -0.2) is 0 Å². The van der Waals surface area contributed by atoms with Gasteiger partial charge in [0.2, 0.25) is 0 Å². The van der Waals surface area contributed by atoms with E-state index in [0.29, 0.717) is 11.8 Å². The Labute approximate surface area is 113 Å². The van der Waals surface area contributed by atoms with Crippen molar-refractivity contribution in [2.24, 2.45) is 0 Å². The first-order valence-electron chi connectivity index (χ1n) is 6.10.